The number of halogens is 1. The zero-order chi connectivity index (χ0) is 20.4. The quantitative estimate of drug-likeness (QED) is 0.681. The van der Waals surface area contributed by atoms with Crippen molar-refractivity contribution in [3.8, 4) is 5.95 Å². The summed E-state index contributed by atoms with van der Waals surface area (Å²) in [6, 6.07) is 8.08. The number of benzene rings is 1. The molecule has 0 saturated carbocycles. The Morgan fingerprint density at radius 2 is 1.68 bits per heavy atom. The van der Waals surface area contributed by atoms with Crippen molar-refractivity contribution in [1.29, 1.82) is 0 Å². The van der Waals surface area contributed by atoms with Crippen LogP contribution in [-0.4, -0.2) is 37.6 Å². The van der Waals surface area contributed by atoms with Gasteiger partial charge in [-0.05, 0) is 51.5 Å². The lowest BCUT2D eigenvalue weighted by Crippen LogP contribution is -2.28. The standard InChI is InChI=1S/C21H24FN5O/c1-13-10-14(2)24-21(23-13)27-16(4)19(15(3)25-27)11-20(28)26(5)12-17-6-8-18(22)9-7-17/h6-10H,11-12H2,1-5H3. The van der Waals surface area contributed by atoms with Gasteiger partial charge >= 0.3 is 0 Å². The summed E-state index contributed by atoms with van der Waals surface area (Å²) in [6.45, 7) is 8.06. The van der Waals surface area contributed by atoms with E-state index < -0.39 is 0 Å². The summed E-state index contributed by atoms with van der Waals surface area (Å²) in [4.78, 5) is 23.3. The molecule has 0 unspecified atom stereocenters. The molecule has 3 rings (SSSR count). The van der Waals surface area contributed by atoms with Gasteiger partial charge < -0.3 is 4.90 Å². The summed E-state index contributed by atoms with van der Waals surface area (Å²) < 4.78 is 14.7. The van der Waals surface area contributed by atoms with E-state index in [0.717, 1.165) is 33.9 Å². The van der Waals surface area contributed by atoms with E-state index in [1.165, 1.54) is 12.1 Å². The van der Waals surface area contributed by atoms with Gasteiger partial charge in [-0.3, -0.25) is 4.79 Å². The fraction of sp³-hybridized carbons (Fsp3) is 0.333. The lowest BCUT2D eigenvalue weighted by Gasteiger charge is -2.17. The van der Waals surface area contributed by atoms with Gasteiger partial charge in [0.05, 0.1) is 12.1 Å². The number of nitrogens with zero attached hydrogens (tertiary/aromatic N) is 5. The maximum absolute atomic E-state index is 13.1. The van der Waals surface area contributed by atoms with Gasteiger partial charge in [-0.25, -0.2) is 19.0 Å². The van der Waals surface area contributed by atoms with E-state index in [0.29, 0.717) is 12.5 Å². The molecule has 0 spiro atoms. The largest absolute Gasteiger partial charge is 0.341 e. The summed E-state index contributed by atoms with van der Waals surface area (Å²) in [7, 11) is 1.74. The van der Waals surface area contributed by atoms with Crippen LogP contribution in [0.3, 0.4) is 0 Å². The first-order chi connectivity index (χ1) is 13.2. The van der Waals surface area contributed by atoms with E-state index in [1.807, 2.05) is 33.8 Å². The molecule has 6 nitrogen and oxygen atoms in total. The highest BCUT2D eigenvalue weighted by molar-refractivity contribution is 5.79. The van der Waals surface area contributed by atoms with Gasteiger partial charge in [0.1, 0.15) is 5.82 Å². The molecule has 1 aromatic carbocycles. The molecule has 2 heterocycles. The summed E-state index contributed by atoms with van der Waals surface area (Å²) >= 11 is 0. The van der Waals surface area contributed by atoms with Crippen molar-refractivity contribution in [3.63, 3.8) is 0 Å². The number of hydrogen-bond donors (Lipinski definition) is 0. The maximum atomic E-state index is 13.1. The number of carbonyl (C=O) groups excluding carboxylic acids is 1. The Kier molecular flexibility index (Phi) is 5.53. The van der Waals surface area contributed by atoms with E-state index >= 15 is 0 Å². The third-order valence-corrected chi connectivity index (χ3v) is 4.69. The molecule has 146 valence electrons. The second-order valence-electron chi connectivity index (χ2n) is 7.06. The first-order valence-corrected chi connectivity index (χ1v) is 9.10. The van der Waals surface area contributed by atoms with Crippen molar-refractivity contribution in [3.05, 3.63) is 70.1 Å². The van der Waals surface area contributed by atoms with Crippen LogP contribution in [0.2, 0.25) is 0 Å². The SMILES string of the molecule is Cc1cc(C)nc(-n2nc(C)c(CC(=O)N(C)Cc3ccc(F)cc3)c2C)n1. The summed E-state index contributed by atoms with van der Waals surface area (Å²) in [5.74, 6) is 0.192. The van der Waals surface area contributed by atoms with Gasteiger partial charge in [-0.2, -0.15) is 5.10 Å². The molecular weight excluding hydrogens is 357 g/mol. The Labute approximate surface area is 164 Å². The molecule has 0 saturated heterocycles. The number of carbonyl (C=O) groups is 1. The van der Waals surface area contributed by atoms with Crippen molar-refractivity contribution < 1.29 is 9.18 Å². The fourth-order valence-corrected chi connectivity index (χ4v) is 3.17. The first-order valence-electron chi connectivity index (χ1n) is 9.10. The fourth-order valence-electron chi connectivity index (χ4n) is 3.17. The van der Waals surface area contributed by atoms with Gasteiger partial charge in [0.15, 0.2) is 0 Å². The van der Waals surface area contributed by atoms with Crippen LogP contribution in [0.4, 0.5) is 4.39 Å². The summed E-state index contributed by atoms with van der Waals surface area (Å²) in [5.41, 5.74) is 5.12. The van der Waals surface area contributed by atoms with Crippen LogP contribution >= 0.6 is 0 Å². The van der Waals surface area contributed by atoms with E-state index in [-0.39, 0.29) is 18.1 Å². The van der Waals surface area contributed by atoms with Gasteiger partial charge in [0, 0.05) is 36.2 Å². The van der Waals surface area contributed by atoms with E-state index in [9.17, 15) is 9.18 Å². The Hall–Kier alpha value is -3.09. The number of amides is 1. The minimum absolute atomic E-state index is 0.0311. The van der Waals surface area contributed by atoms with Crippen LogP contribution in [0.25, 0.3) is 5.95 Å². The molecule has 0 bridgehead atoms. The topological polar surface area (TPSA) is 63.9 Å². The second-order valence-corrected chi connectivity index (χ2v) is 7.06. The van der Waals surface area contributed by atoms with Crippen molar-refractivity contribution >= 4 is 5.91 Å². The van der Waals surface area contributed by atoms with Crippen LogP contribution in [0.1, 0.15) is 33.9 Å². The van der Waals surface area contributed by atoms with Crippen LogP contribution in [0.15, 0.2) is 30.3 Å². The Balaban J connectivity index is 1.79. The smallest absolute Gasteiger partial charge is 0.251 e. The number of hydrogen-bond acceptors (Lipinski definition) is 4. The van der Waals surface area contributed by atoms with E-state index in [2.05, 4.69) is 15.1 Å². The van der Waals surface area contributed by atoms with Gasteiger partial charge in [-0.1, -0.05) is 12.1 Å². The Morgan fingerprint density at radius 1 is 1.07 bits per heavy atom. The molecule has 0 aliphatic rings. The van der Waals surface area contributed by atoms with Crippen molar-refractivity contribution in [2.45, 2.75) is 40.7 Å². The molecule has 1 amide bonds. The van der Waals surface area contributed by atoms with Crippen LogP contribution in [-0.2, 0) is 17.8 Å². The van der Waals surface area contributed by atoms with Crippen molar-refractivity contribution in [2.75, 3.05) is 7.05 Å². The number of aromatic nitrogens is 4. The molecule has 0 atom stereocenters. The zero-order valence-electron chi connectivity index (χ0n) is 16.8. The lowest BCUT2D eigenvalue weighted by atomic mass is 10.1. The zero-order valence-corrected chi connectivity index (χ0v) is 16.8. The highest BCUT2D eigenvalue weighted by Gasteiger charge is 2.19. The van der Waals surface area contributed by atoms with Gasteiger partial charge in [0.2, 0.25) is 5.91 Å². The highest BCUT2D eigenvalue weighted by atomic mass is 19.1. The lowest BCUT2D eigenvalue weighted by molar-refractivity contribution is -0.129. The number of likely N-dealkylation sites (N-methyl/N-ethyl adjacent to an activating group) is 1. The molecule has 3 aromatic rings. The molecular formula is C21H24FN5O. The average molecular weight is 381 g/mol. The van der Waals surface area contributed by atoms with Gasteiger partial charge in [-0.15, -0.1) is 0 Å². The minimum Gasteiger partial charge on any atom is -0.341 e. The second kappa shape index (κ2) is 7.88. The summed E-state index contributed by atoms with van der Waals surface area (Å²) in [5, 5.41) is 4.55. The van der Waals surface area contributed by atoms with Gasteiger partial charge in [0.25, 0.3) is 5.95 Å². The monoisotopic (exact) mass is 381 g/mol. The predicted molar refractivity (Wildman–Crippen MR) is 105 cm³/mol. The van der Waals surface area contributed by atoms with Crippen LogP contribution in [0.5, 0.6) is 0 Å². The normalized spacial score (nSPS) is 10.9. The molecule has 28 heavy (non-hydrogen) atoms. The molecule has 2 aromatic heterocycles. The maximum Gasteiger partial charge on any atom is 0.251 e. The number of aryl methyl sites for hydroxylation is 3. The highest BCUT2D eigenvalue weighted by Crippen LogP contribution is 2.18. The molecule has 0 radical (unpaired) electrons. The molecule has 0 N–H and O–H groups in total. The number of rotatable bonds is 5. The predicted octanol–water partition coefficient (Wildman–Crippen LogP) is 3.24. The molecule has 0 aliphatic carbocycles. The van der Waals surface area contributed by atoms with Crippen molar-refractivity contribution in [2.24, 2.45) is 0 Å². The molecule has 7 heteroatoms. The third-order valence-electron chi connectivity index (χ3n) is 4.69. The minimum atomic E-state index is -0.287. The van der Waals surface area contributed by atoms with Crippen LogP contribution < -0.4 is 0 Å². The Morgan fingerprint density at radius 3 is 2.29 bits per heavy atom. The first kappa shape index (κ1) is 19.7. The van der Waals surface area contributed by atoms with Crippen molar-refractivity contribution in [1.82, 2.24) is 24.6 Å². The Bertz CT molecular complexity index is 990. The van der Waals surface area contributed by atoms with Crippen LogP contribution in [0, 0.1) is 33.5 Å². The summed E-state index contributed by atoms with van der Waals surface area (Å²) in [6.07, 6.45) is 0.236. The van der Waals surface area contributed by atoms with E-state index in [4.69, 9.17) is 0 Å². The molecule has 0 aliphatic heterocycles. The molecule has 0 fully saturated rings. The third kappa shape index (κ3) is 4.24. The average Bonchev–Trinajstić information content (AvgIpc) is 2.91. The van der Waals surface area contributed by atoms with E-state index in [1.54, 1.807) is 28.8 Å².